The summed E-state index contributed by atoms with van der Waals surface area (Å²) in [5, 5.41) is 5.82. The van der Waals surface area contributed by atoms with Crippen LogP contribution in [0.2, 0.25) is 5.02 Å². The lowest BCUT2D eigenvalue weighted by atomic mass is 9.97. The first-order valence-electron chi connectivity index (χ1n) is 11.4. The van der Waals surface area contributed by atoms with Crippen molar-refractivity contribution in [3.8, 4) is 11.5 Å². The van der Waals surface area contributed by atoms with E-state index >= 15 is 0 Å². The number of thiophene rings is 1. The molecule has 0 bridgehead atoms. The van der Waals surface area contributed by atoms with E-state index in [1.165, 1.54) is 22.3 Å². The van der Waals surface area contributed by atoms with Crippen molar-refractivity contribution in [2.45, 2.75) is 39.2 Å². The summed E-state index contributed by atoms with van der Waals surface area (Å²) in [6.45, 7) is 2.77. The van der Waals surface area contributed by atoms with Crippen LogP contribution in [0, 0.1) is 0 Å². The Bertz CT molecular complexity index is 1460. The van der Waals surface area contributed by atoms with Gasteiger partial charge in [0.25, 0.3) is 5.56 Å². The standard InChI is InChI=1S/C26H23BrClN3O3S/c1-2-33-21-12-17(11-20(27)24(21)34-14-16-7-9-18(28)10-8-16)13-30-31-15-29-25-23(26(31)32)19-5-3-4-6-22(19)35-25/h7-13,15H,2-6,14H2,1H3/b30-13+. The van der Waals surface area contributed by atoms with E-state index in [4.69, 9.17) is 21.1 Å². The van der Waals surface area contributed by atoms with Crippen LogP contribution in [0.15, 0.2) is 57.1 Å². The Morgan fingerprint density at radius 3 is 2.80 bits per heavy atom. The summed E-state index contributed by atoms with van der Waals surface area (Å²) < 4.78 is 13.9. The fourth-order valence-corrected chi connectivity index (χ4v) is 6.07. The quantitative estimate of drug-likeness (QED) is 0.234. The highest BCUT2D eigenvalue weighted by Crippen LogP contribution is 2.37. The van der Waals surface area contributed by atoms with Gasteiger partial charge in [-0.25, -0.2) is 4.98 Å². The van der Waals surface area contributed by atoms with Gasteiger partial charge in [0.05, 0.1) is 22.7 Å². The van der Waals surface area contributed by atoms with Crippen LogP contribution in [0.5, 0.6) is 11.5 Å². The summed E-state index contributed by atoms with van der Waals surface area (Å²) in [5.74, 6) is 1.19. The number of ether oxygens (including phenoxy) is 2. The van der Waals surface area contributed by atoms with Crippen molar-refractivity contribution in [2.75, 3.05) is 6.61 Å². The van der Waals surface area contributed by atoms with Gasteiger partial charge in [0, 0.05) is 9.90 Å². The summed E-state index contributed by atoms with van der Waals surface area (Å²) in [7, 11) is 0. The molecule has 0 radical (unpaired) electrons. The van der Waals surface area contributed by atoms with E-state index in [9.17, 15) is 4.79 Å². The summed E-state index contributed by atoms with van der Waals surface area (Å²) in [6, 6.07) is 11.2. The Kier molecular flexibility index (Phi) is 7.22. The molecular weight excluding hydrogens is 550 g/mol. The van der Waals surface area contributed by atoms with Crippen LogP contribution < -0.4 is 15.0 Å². The maximum atomic E-state index is 13.2. The topological polar surface area (TPSA) is 65.7 Å². The van der Waals surface area contributed by atoms with Gasteiger partial charge < -0.3 is 9.47 Å². The molecule has 2 aromatic carbocycles. The highest BCUT2D eigenvalue weighted by atomic mass is 79.9. The fourth-order valence-electron chi connectivity index (χ4n) is 4.15. The van der Waals surface area contributed by atoms with Gasteiger partial charge in [-0.2, -0.15) is 9.78 Å². The molecule has 35 heavy (non-hydrogen) atoms. The van der Waals surface area contributed by atoms with Gasteiger partial charge in [0.15, 0.2) is 11.5 Å². The molecule has 0 saturated carbocycles. The van der Waals surface area contributed by atoms with Crippen LogP contribution in [-0.2, 0) is 19.4 Å². The number of rotatable bonds is 7. The predicted octanol–water partition coefficient (Wildman–Crippen LogP) is 6.61. The Hall–Kier alpha value is -2.68. The van der Waals surface area contributed by atoms with Gasteiger partial charge in [-0.05, 0) is 89.5 Å². The first kappa shape index (κ1) is 24.0. The number of hydrogen-bond donors (Lipinski definition) is 0. The molecule has 2 aromatic heterocycles. The second-order valence-electron chi connectivity index (χ2n) is 8.21. The van der Waals surface area contributed by atoms with Gasteiger partial charge in [-0.3, -0.25) is 4.79 Å². The minimum absolute atomic E-state index is 0.127. The molecule has 2 heterocycles. The predicted molar refractivity (Wildman–Crippen MR) is 145 cm³/mol. The molecule has 5 rings (SSSR count). The van der Waals surface area contributed by atoms with E-state index in [1.54, 1.807) is 17.6 Å². The third-order valence-electron chi connectivity index (χ3n) is 5.82. The number of aryl methyl sites for hydroxylation is 2. The van der Waals surface area contributed by atoms with Crippen molar-refractivity contribution in [3.63, 3.8) is 0 Å². The maximum absolute atomic E-state index is 13.2. The molecule has 1 aliphatic carbocycles. The average molecular weight is 573 g/mol. The monoisotopic (exact) mass is 571 g/mol. The fraction of sp³-hybridized carbons (Fsp3) is 0.269. The molecule has 180 valence electrons. The van der Waals surface area contributed by atoms with E-state index in [1.807, 2.05) is 43.3 Å². The van der Waals surface area contributed by atoms with Crippen molar-refractivity contribution in [3.05, 3.63) is 84.1 Å². The highest BCUT2D eigenvalue weighted by Gasteiger charge is 2.20. The molecule has 0 aliphatic heterocycles. The Labute approximate surface area is 220 Å². The van der Waals surface area contributed by atoms with Crippen LogP contribution in [0.3, 0.4) is 0 Å². The first-order chi connectivity index (χ1) is 17.0. The Morgan fingerprint density at radius 1 is 1.20 bits per heavy atom. The van der Waals surface area contributed by atoms with E-state index in [2.05, 4.69) is 26.0 Å². The van der Waals surface area contributed by atoms with Crippen LogP contribution >= 0.6 is 38.9 Å². The van der Waals surface area contributed by atoms with Crippen molar-refractivity contribution >= 4 is 55.3 Å². The summed E-state index contributed by atoms with van der Waals surface area (Å²) in [6.07, 6.45) is 7.36. The van der Waals surface area contributed by atoms with Gasteiger partial charge in [0.1, 0.15) is 17.8 Å². The van der Waals surface area contributed by atoms with Crippen molar-refractivity contribution in [1.29, 1.82) is 0 Å². The zero-order valence-corrected chi connectivity index (χ0v) is 22.3. The van der Waals surface area contributed by atoms with E-state index in [-0.39, 0.29) is 5.56 Å². The minimum Gasteiger partial charge on any atom is -0.490 e. The molecule has 0 N–H and O–H groups in total. The Morgan fingerprint density at radius 2 is 2.00 bits per heavy atom. The van der Waals surface area contributed by atoms with E-state index in [0.717, 1.165) is 45.3 Å². The summed E-state index contributed by atoms with van der Waals surface area (Å²) >= 11 is 11.2. The number of benzene rings is 2. The van der Waals surface area contributed by atoms with Crippen molar-refractivity contribution in [2.24, 2.45) is 5.10 Å². The van der Waals surface area contributed by atoms with E-state index < -0.39 is 0 Å². The van der Waals surface area contributed by atoms with Gasteiger partial charge in [0.2, 0.25) is 0 Å². The molecule has 0 unspecified atom stereocenters. The number of fused-ring (bicyclic) bond motifs is 3. The van der Waals surface area contributed by atoms with Gasteiger partial charge >= 0.3 is 0 Å². The van der Waals surface area contributed by atoms with Crippen molar-refractivity contribution in [1.82, 2.24) is 9.66 Å². The second kappa shape index (κ2) is 10.5. The largest absolute Gasteiger partial charge is 0.490 e. The highest BCUT2D eigenvalue weighted by molar-refractivity contribution is 9.10. The van der Waals surface area contributed by atoms with Gasteiger partial charge in [-0.15, -0.1) is 11.3 Å². The molecule has 0 spiro atoms. The molecule has 9 heteroatoms. The first-order valence-corrected chi connectivity index (χ1v) is 13.4. The summed E-state index contributed by atoms with van der Waals surface area (Å²) in [4.78, 5) is 19.8. The molecule has 0 atom stereocenters. The Balaban J connectivity index is 1.42. The lowest BCUT2D eigenvalue weighted by molar-refractivity contribution is 0.267. The second-order valence-corrected chi connectivity index (χ2v) is 10.6. The zero-order valence-electron chi connectivity index (χ0n) is 19.1. The molecule has 6 nitrogen and oxygen atoms in total. The van der Waals surface area contributed by atoms with Crippen LogP contribution in [0.1, 0.15) is 41.3 Å². The van der Waals surface area contributed by atoms with E-state index in [0.29, 0.717) is 35.1 Å². The molecule has 0 amide bonds. The SMILES string of the molecule is CCOc1cc(/C=N/n2cnc3sc4c(c3c2=O)CCCC4)cc(Br)c1OCc1ccc(Cl)cc1. The molecule has 0 fully saturated rings. The van der Waals surface area contributed by atoms with Crippen LogP contribution in [0.25, 0.3) is 10.2 Å². The normalized spacial score (nSPS) is 13.3. The van der Waals surface area contributed by atoms with Gasteiger partial charge in [-0.1, -0.05) is 23.7 Å². The average Bonchev–Trinajstić information content (AvgIpc) is 3.24. The van der Waals surface area contributed by atoms with Crippen LogP contribution in [-0.4, -0.2) is 22.5 Å². The van der Waals surface area contributed by atoms with Crippen LogP contribution in [0.4, 0.5) is 0 Å². The smallest absolute Gasteiger partial charge is 0.282 e. The third-order valence-corrected chi connectivity index (χ3v) is 7.86. The molecule has 1 aliphatic rings. The summed E-state index contributed by atoms with van der Waals surface area (Å²) in [5.41, 5.74) is 2.78. The number of nitrogens with zero attached hydrogens (tertiary/aromatic N) is 3. The third kappa shape index (κ3) is 5.15. The number of hydrogen-bond acceptors (Lipinski definition) is 6. The maximum Gasteiger partial charge on any atom is 0.282 e. The lowest BCUT2D eigenvalue weighted by Crippen LogP contribution is -2.18. The number of aromatic nitrogens is 2. The zero-order chi connectivity index (χ0) is 24.4. The number of halogens is 2. The molecule has 4 aromatic rings. The lowest BCUT2D eigenvalue weighted by Gasteiger charge is -2.14. The minimum atomic E-state index is -0.127. The molecule has 0 saturated heterocycles. The van der Waals surface area contributed by atoms with Crippen molar-refractivity contribution < 1.29 is 9.47 Å². The molecular formula is C26H23BrClN3O3S.